The topological polar surface area (TPSA) is 58.6 Å². The van der Waals surface area contributed by atoms with Crippen molar-refractivity contribution in [2.45, 2.75) is 31.8 Å². The van der Waals surface area contributed by atoms with Gasteiger partial charge in [0.1, 0.15) is 6.10 Å². The first kappa shape index (κ1) is 17.5. The third-order valence-corrected chi connectivity index (χ3v) is 5.41. The number of carbonyl (C=O) groups is 2. The van der Waals surface area contributed by atoms with Crippen LogP contribution in [-0.2, 0) is 14.3 Å². The van der Waals surface area contributed by atoms with Gasteiger partial charge in [-0.3, -0.25) is 9.59 Å². The van der Waals surface area contributed by atoms with Crippen molar-refractivity contribution >= 4 is 40.7 Å². The summed E-state index contributed by atoms with van der Waals surface area (Å²) in [6.45, 7) is 1.83. The average molecular weight is 371 g/mol. The summed E-state index contributed by atoms with van der Waals surface area (Å²) >= 11 is 12.1. The molecule has 0 saturated carbocycles. The summed E-state index contributed by atoms with van der Waals surface area (Å²) in [5.74, 6) is -0.152. The second-order valence-corrected chi connectivity index (χ2v) is 6.98. The molecule has 1 atom stereocenters. The average Bonchev–Trinajstić information content (AvgIpc) is 3.13. The zero-order chi connectivity index (χ0) is 17.1. The highest BCUT2D eigenvalue weighted by Gasteiger charge is 2.32. The SMILES string of the molecule is O=C(Nc1cccc(Cl)c1Cl)C1CCN(C(=O)C2CCCO2)CC1. The van der Waals surface area contributed by atoms with Gasteiger partial charge >= 0.3 is 0 Å². The minimum Gasteiger partial charge on any atom is -0.368 e. The molecule has 2 aliphatic rings. The summed E-state index contributed by atoms with van der Waals surface area (Å²) in [5, 5.41) is 3.59. The molecule has 24 heavy (non-hydrogen) atoms. The van der Waals surface area contributed by atoms with E-state index < -0.39 is 0 Å². The normalized spacial score (nSPS) is 21.8. The van der Waals surface area contributed by atoms with E-state index in [4.69, 9.17) is 27.9 Å². The maximum atomic E-state index is 12.4. The molecule has 2 aliphatic heterocycles. The van der Waals surface area contributed by atoms with Gasteiger partial charge in [0, 0.05) is 25.6 Å². The number of nitrogens with zero attached hydrogens (tertiary/aromatic N) is 1. The molecule has 3 rings (SSSR count). The standard InChI is InChI=1S/C17H20Cl2N2O3/c18-12-3-1-4-13(15(12)19)20-16(22)11-6-8-21(9-7-11)17(23)14-5-2-10-24-14/h1,3-4,11,14H,2,5-10H2,(H,20,22). The van der Waals surface area contributed by atoms with Crippen LogP contribution < -0.4 is 5.32 Å². The zero-order valence-corrected chi connectivity index (χ0v) is 14.8. The second-order valence-electron chi connectivity index (χ2n) is 6.19. The molecule has 2 amide bonds. The maximum Gasteiger partial charge on any atom is 0.251 e. The first-order valence-electron chi connectivity index (χ1n) is 8.21. The quantitative estimate of drug-likeness (QED) is 0.887. The Morgan fingerprint density at radius 2 is 1.92 bits per heavy atom. The van der Waals surface area contributed by atoms with Gasteiger partial charge in [-0.1, -0.05) is 29.3 Å². The highest BCUT2D eigenvalue weighted by molar-refractivity contribution is 6.44. The number of halogens is 2. The van der Waals surface area contributed by atoms with Crippen molar-refractivity contribution in [3.05, 3.63) is 28.2 Å². The first-order chi connectivity index (χ1) is 11.6. The van der Waals surface area contributed by atoms with Gasteiger partial charge in [0.25, 0.3) is 5.91 Å². The highest BCUT2D eigenvalue weighted by atomic mass is 35.5. The highest BCUT2D eigenvalue weighted by Crippen LogP contribution is 2.30. The van der Waals surface area contributed by atoms with Crippen molar-refractivity contribution in [1.29, 1.82) is 0 Å². The van der Waals surface area contributed by atoms with E-state index in [0.29, 0.717) is 48.3 Å². The molecule has 1 aromatic carbocycles. The molecule has 2 heterocycles. The van der Waals surface area contributed by atoms with Gasteiger partial charge in [-0.25, -0.2) is 0 Å². The van der Waals surface area contributed by atoms with Gasteiger partial charge in [0.2, 0.25) is 5.91 Å². The molecule has 0 radical (unpaired) electrons. The number of nitrogens with one attached hydrogen (secondary N) is 1. The Hall–Kier alpha value is -1.30. The fraction of sp³-hybridized carbons (Fsp3) is 0.529. The molecule has 2 fully saturated rings. The largest absolute Gasteiger partial charge is 0.368 e. The van der Waals surface area contributed by atoms with Crippen LogP contribution in [0.2, 0.25) is 10.0 Å². The smallest absolute Gasteiger partial charge is 0.251 e. The van der Waals surface area contributed by atoms with Crippen LogP contribution in [0.5, 0.6) is 0 Å². The van der Waals surface area contributed by atoms with Crippen molar-refractivity contribution in [3.8, 4) is 0 Å². The predicted molar refractivity (Wildman–Crippen MR) is 93.4 cm³/mol. The van der Waals surface area contributed by atoms with Crippen LogP contribution in [0.15, 0.2) is 18.2 Å². The fourth-order valence-corrected chi connectivity index (χ4v) is 3.52. The molecule has 1 unspecified atom stereocenters. The molecule has 5 nitrogen and oxygen atoms in total. The number of hydrogen-bond donors (Lipinski definition) is 1. The van der Waals surface area contributed by atoms with Crippen molar-refractivity contribution < 1.29 is 14.3 Å². The maximum absolute atomic E-state index is 12.4. The lowest BCUT2D eigenvalue weighted by Crippen LogP contribution is -2.45. The molecule has 1 aromatic rings. The van der Waals surface area contributed by atoms with E-state index in [1.54, 1.807) is 18.2 Å². The molecule has 7 heteroatoms. The molecule has 130 valence electrons. The van der Waals surface area contributed by atoms with Gasteiger partial charge in [-0.2, -0.15) is 0 Å². The third kappa shape index (κ3) is 3.85. The Morgan fingerprint density at radius 3 is 2.58 bits per heavy atom. The van der Waals surface area contributed by atoms with Crippen LogP contribution in [0.25, 0.3) is 0 Å². The summed E-state index contributed by atoms with van der Waals surface area (Å²) in [6, 6.07) is 5.14. The monoisotopic (exact) mass is 370 g/mol. The molecular weight excluding hydrogens is 351 g/mol. The summed E-state index contributed by atoms with van der Waals surface area (Å²) in [7, 11) is 0. The van der Waals surface area contributed by atoms with Gasteiger partial charge in [0.15, 0.2) is 0 Å². The number of carbonyl (C=O) groups excluding carboxylic acids is 2. The zero-order valence-electron chi connectivity index (χ0n) is 13.3. The Labute approximate surface area is 151 Å². The van der Waals surface area contributed by atoms with Crippen LogP contribution in [-0.4, -0.2) is 42.5 Å². The molecule has 0 spiro atoms. The van der Waals surface area contributed by atoms with Crippen molar-refractivity contribution in [2.75, 3.05) is 25.0 Å². The van der Waals surface area contributed by atoms with Crippen LogP contribution >= 0.6 is 23.2 Å². The van der Waals surface area contributed by atoms with Gasteiger partial charge in [-0.15, -0.1) is 0 Å². The van der Waals surface area contributed by atoms with Crippen LogP contribution in [0, 0.1) is 5.92 Å². The molecular formula is C17H20Cl2N2O3. The number of amides is 2. The summed E-state index contributed by atoms with van der Waals surface area (Å²) in [5.41, 5.74) is 0.520. The number of likely N-dealkylation sites (tertiary alicyclic amines) is 1. The number of anilines is 1. The molecule has 1 N–H and O–H groups in total. The Kier molecular flexibility index (Phi) is 5.64. The number of benzene rings is 1. The lowest BCUT2D eigenvalue weighted by molar-refractivity contribution is -0.143. The van der Waals surface area contributed by atoms with Crippen molar-refractivity contribution in [2.24, 2.45) is 5.92 Å². The third-order valence-electron chi connectivity index (χ3n) is 4.59. The van der Waals surface area contributed by atoms with Crippen molar-refractivity contribution in [1.82, 2.24) is 4.90 Å². The number of piperidine rings is 1. The van der Waals surface area contributed by atoms with E-state index in [0.717, 1.165) is 12.8 Å². The van der Waals surface area contributed by atoms with Crippen LogP contribution in [0.4, 0.5) is 5.69 Å². The lowest BCUT2D eigenvalue weighted by atomic mass is 9.95. The summed E-state index contributed by atoms with van der Waals surface area (Å²) in [6.07, 6.45) is 2.73. The first-order valence-corrected chi connectivity index (χ1v) is 8.97. The van der Waals surface area contributed by atoms with E-state index >= 15 is 0 Å². The van der Waals surface area contributed by atoms with E-state index in [1.807, 2.05) is 4.90 Å². The number of rotatable bonds is 3. The summed E-state index contributed by atoms with van der Waals surface area (Å²) < 4.78 is 5.45. The molecule has 0 aromatic heterocycles. The Balaban J connectivity index is 1.53. The molecule has 0 bridgehead atoms. The van der Waals surface area contributed by atoms with E-state index in [2.05, 4.69) is 5.32 Å². The van der Waals surface area contributed by atoms with Gasteiger partial charge in [-0.05, 0) is 37.8 Å². The summed E-state index contributed by atoms with van der Waals surface area (Å²) in [4.78, 5) is 26.6. The lowest BCUT2D eigenvalue weighted by Gasteiger charge is -2.32. The van der Waals surface area contributed by atoms with Gasteiger partial charge < -0.3 is 15.0 Å². The minimum atomic E-state index is -0.291. The number of ether oxygens (including phenoxy) is 1. The van der Waals surface area contributed by atoms with Crippen LogP contribution in [0.1, 0.15) is 25.7 Å². The van der Waals surface area contributed by atoms with E-state index in [-0.39, 0.29) is 23.8 Å². The fourth-order valence-electron chi connectivity index (χ4n) is 3.17. The minimum absolute atomic E-state index is 0.0595. The van der Waals surface area contributed by atoms with Crippen molar-refractivity contribution in [3.63, 3.8) is 0 Å². The number of hydrogen-bond acceptors (Lipinski definition) is 3. The predicted octanol–water partition coefficient (Wildman–Crippen LogP) is 3.35. The molecule has 0 aliphatic carbocycles. The van der Waals surface area contributed by atoms with E-state index in [1.165, 1.54) is 0 Å². The second kappa shape index (κ2) is 7.72. The molecule has 2 saturated heterocycles. The van der Waals surface area contributed by atoms with E-state index in [9.17, 15) is 9.59 Å². The Bertz CT molecular complexity index is 624. The van der Waals surface area contributed by atoms with Gasteiger partial charge in [0.05, 0.1) is 15.7 Å². The Morgan fingerprint density at radius 1 is 1.17 bits per heavy atom. The van der Waals surface area contributed by atoms with Crippen LogP contribution in [0.3, 0.4) is 0 Å².